The Morgan fingerprint density at radius 2 is 1.95 bits per heavy atom. The van der Waals surface area contributed by atoms with Crippen molar-refractivity contribution in [2.45, 2.75) is 26.8 Å². The molecule has 0 aliphatic rings. The van der Waals surface area contributed by atoms with Gasteiger partial charge in [-0.05, 0) is 11.5 Å². The summed E-state index contributed by atoms with van der Waals surface area (Å²) in [5.41, 5.74) is -0.850. The fourth-order valence-electron chi connectivity index (χ4n) is 1.62. The quantitative estimate of drug-likeness (QED) is 0.645. The average molecular weight is 280 g/mol. The number of carboxylic acids is 1. The maximum atomic E-state index is 12.0. The number of rotatable bonds is 4. The Kier molecular flexibility index (Phi) is 4.44. The van der Waals surface area contributed by atoms with E-state index >= 15 is 0 Å². The van der Waals surface area contributed by atoms with Crippen LogP contribution >= 0.6 is 0 Å². The highest BCUT2D eigenvalue weighted by molar-refractivity contribution is 5.97. The normalized spacial score (nSPS) is 12.6. The van der Waals surface area contributed by atoms with E-state index in [1.165, 1.54) is 18.2 Å². The molecule has 1 atom stereocenters. The molecule has 7 heteroatoms. The summed E-state index contributed by atoms with van der Waals surface area (Å²) in [5, 5.41) is 22.1. The van der Waals surface area contributed by atoms with Gasteiger partial charge in [-0.25, -0.2) is 4.79 Å². The first-order chi connectivity index (χ1) is 9.12. The minimum Gasteiger partial charge on any atom is -0.480 e. The summed E-state index contributed by atoms with van der Waals surface area (Å²) in [7, 11) is 0. The number of non-ortho nitro benzene ring substituents is 1. The third-order valence-electron chi connectivity index (χ3n) is 2.71. The molecule has 0 saturated heterocycles. The van der Waals surface area contributed by atoms with Crippen LogP contribution in [-0.2, 0) is 4.79 Å². The van der Waals surface area contributed by atoms with E-state index in [1.54, 1.807) is 20.8 Å². The molecule has 1 aromatic rings. The molecule has 1 amide bonds. The number of hydrogen-bond acceptors (Lipinski definition) is 4. The number of nitrogens with zero attached hydrogens (tertiary/aromatic N) is 1. The van der Waals surface area contributed by atoms with Crippen LogP contribution in [0.3, 0.4) is 0 Å². The fraction of sp³-hybridized carbons (Fsp3) is 0.385. The van der Waals surface area contributed by atoms with Gasteiger partial charge in [-0.15, -0.1) is 0 Å². The first-order valence-corrected chi connectivity index (χ1v) is 5.91. The maximum absolute atomic E-state index is 12.0. The van der Waals surface area contributed by atoms with Gasteiger partial charge in [0.1, 0.15) is 6.04 Å². The molecule has 0 aromatic heterocycles. The standard InChI is InChI=1S/C13H16N2O5/c1-13(2,3)10(12(17)18)14-11(16)8-5-4-6-9(7-8)15(19)20/h4-7,10H,1-3H3,(H,14,16)(H,17,18). The van der Waals surface area contributed by atoms with Crippen molar-refractivity contribution in [2.24, 2.45) is 5.41 Å². The average Bonchev–Trinajstić information content (AvgIpc) is 2.33. The molecule has 0 aliphatic heterocycles. The number of nitro groups is 1. The Morgan fingerprint density at radius 1 is 1.35 bits per heavy atom. The monoisotopic (exact) mass is 280 g/mol. The molecule has 0 aliphatic carbocycles. The highest BCUT2D eigenvalue weighted by Gasteiger charge is 2.32. The summed E-state index contributed by atoms with van der Waals surface area (Å²) in [6.45, 7) is 5.04. The van der Waals surface area contributed by atoms with Gasteiger partial charge in [0.05, 0.1) is 4.92 Å². The topological polar surface area (TPSA) is 110 Å². The lowest BCUT2D eigenvalue weighted by Gasteiger charge is -2.27. The number of carboxylic acid groups (broad SMARTS) is 1. The Labute approximate surface area is 115 Å². The van der Waals surface area contributed by atoms with Crippen LogP contribution in [0.25, 0.3) is 0 Å². The van der Waals surface area contributed by atoms with Crippen LogP contribution in [0.5, 0.6) is 0 Å². The molecular weight excluding hydrogens is 264 g/mol. The molecule has 0 bridgehead atoms. The van der Waals surface area contributed by atoms with Crippen molar-refractivity contribution in [3.8, 4) is 0 Å². The number of benzene rings is 1. The third kappa shape index (κ3) is 3.78. The van der Waals surface area contributed by atoms with Crippen LogP contribution in [-0.4, -0.2) is 27.9 Å². The van der Waals surface area contributed by atoms with E-state index in [1.807, 2.05) is 0 Å². The van der Waals surface area contributed by atoms with Gasteiger partial charge in [0.25, 0.3) is 11.6 Å². The van der Waals surface area contributed by atoms with E-state index in [2.05, 4.69) is 5.32 Å². The van der Waals surface area contributed by atoms with Gasteiger partial charge in [-0.3, -0.25) is 14.9 Å². The van der Waals surface area contributed by atoms with E-state index in [9.17, 15) is 19.7 Å². The molecule has 7 nitrogen and oxygen atoms in total. The Balaban J connectivity index is 2.98. The van der Waals surface area contributed by atoms with E-state index in [4.69, 9.17) is 5.11 Å². The highest BCUT2D eigenvalue weighted by Crippen LogP contribution is 2.20. The maximum Gasteiger partial charge on any atom is 0.326 e. The zero-order chi connectivity index (χ0) is 15.5. The minimum atomic E-state index is -1.16. The molecule has 108 valence electrons. The number of carbonyl (C=O) groups is 2. The second-order valence-corrected chi connectivity index (χ2v) is 5.42. The van der Waals surface area contributed by atoms with E-state index in [0.29, 0.717) is 0 Å². The van der Waals surface area contributed by atoms with Crippen molar-refractivity contribution in [1.82, 2.24) is 5.32 Å². The Morgan fingerprint density at radius 3 is 2.40 bits per heavy atom. The SMILES string of the molecule is CC(C)(C)C(NC(=O)c1cccc([N+](=O)[O-])c1)C(=O)O. The fourth-order valence-corrected chi connectivity index (χ4v) is 1.62. The molecule has 1 rings (SSSR count). The first-order valence-electron chi connectivity index (χ1n) is 5.91. The lowest BCUT2D eigenvalue weighted by molar-refractivity contribution is -0.384. The molecule has 1 unspecified atom stereocenters. The van der Waals surface area contributed by atoms with E-state index in [0.717, 1.165) is 6.07 Å². The molecule has 20 heavy (non-hydrogen) atoms. The second kappa shape index (κ2) is 5.68. The van der Waals surface area contributed by atoms with Crippen LogP contribution in [0.15, 0.2) is 24.3 Å². The lowest BCUT2D eigenvalue weighted by atomic mass is 9.86. The smallest absolute Gasteiger partial charge is 0.326 e. The molecule has 0 heterocycles. The van der Waals surface area contributed by atoms with E-state index in [-0.39, 0.29) is 11.3 Å². The van der Waals surface area contributed by atoms with Gasteiger partial charge in [-0.2, -0.15) is 0 Å². The van der Waals surface area contributed by atoms with Crippen molar-refractivity contribution in [3.05, 3.63) is 39.9 Å². The van der Waals surface area contributed by atoms with Gasteiger partial charge in [0.15, 0.2) is 0 Å². The van der Waals surface area contributed by atoms with Crippen LogP contribution in [0, 0.1) is 15.5 Å². The predicted molar refractivity (Wildman–Crippen MR) is 71.4 cm³/mol. The minimum absolute atomic E-state index is 0.0506. The Bertz CT molecular complexity index is 548. The molecule has 0 spiro atoms. The van der Waals surface area contributed by atoms with Crippen molar-refractivity contribution >= 4 is 17.6 Å². The molecule has 0 saturated carbocycles. The van der Waals surface area contributed by atoms with Crippen molar-refractivity contribution in [3.63, 3.8) is 0 Å². The summed E-state index contributed by atoms with van der Waals surface area (Å²) in [5.74, 6) is -1.81. The van der Waals surface area contributed by atoms with Crippen molar-refractivity contribution in [2.75, 3.05) is 0 Å². The van der Waals surface area contributed by atoms with Crippen molar-refractivity contribution in [1.29, 1.82) is 0 Å². The molecule has 0 radical (unpaired) electrons. The zero-order valence-electron chi connectivity index (χ0n) is 11.4. The van der Waals surface area contributed by atoms with Gasteiger partial charge >= 0.3 is 5.97 Å². The number of amides is 1. The van der Waals surface area contributed by atoms with Gasteiger partial charge in [0.2, 0.25) is 0 Å². The summed E-state index contributed by atoms with van der Waals surface area (Å²) >= 11 is 0. The summed E-state index contributed by atoms with van der Waals surface area (Å²) in [6.07, 6.45) is 0. The Hall–Kier alpha value is -2.44. The number of nitro benzene ring substituents is 1. The summed E-state index contributed by atoms with van der Waals surface area (Å²) < 4.78 is 0. The van der Waals surface area contributed by atoms with Gasteiger partial charge in [0, 0.05) is 17.7 Å². The number of aliphatic carboxylic acids is 1. The van der Waals surface area contributed by atoms with Crippen LogP contribution in [0.2, 0.25) is 0 Å². The predicted octanol–water partition coefficient (Wildman–Crippen LogP) is 1.82. The second-order valence-electron chi connectivity index (χ2n) is 5.42. The van der Waals surface area contributed by atoms with Crippen LogP contribution < -0.4 is 5.32 Å². The third-order valence-corrected chi connectivity index (χ3v) is 2.71. The first kappa shape index (κ1) is 15.6. The summed E-state index contributed by atoms with van der Waals surface area (Å²) in [6, 6.07) is 4.05. The number of hydrogen-bond donors (Lipinski definition) is 2. The zero-order valence-corrected chi connectivity index (χ0v) is 11.4. The molecule has 0 fully saturated rings. The van der Waals surface area contributed by atoms with Gasteiger partial charge < -0.3 is 10.4 Å². The van der Waals surface area contributed by atoms with Crippen LogP contribution in [0.4, 0.5) is 5.69 Å². The van der Waals surface area contributed by atoms with E-state index < -0.39 is 28.3 Å². The molecule has 2 N–H and O–H groups in total. The van der Waals surface area contributed by atoms with Crippen LogP contribution in [0.1, 0.15) is 31.1 Å². The highest BCUT2D eigenvalue weighted by atomic mass is 16.6. The molecule has 1 aromatic carbocycles. The largest absolute Gasteiger partial charge is 0.480 e. The van der Waals surface area contributed by atoms with Gasteiger partial charge in [-0.1, -0.05) is 26.8 Å². The number of carbonyl (C=O) groups excluding carboxylic acids is 1. The molecular formula is C13H16N2O5. The lowest BCUT2D eigenvalue weighted by Crippen LogP contribution is -2.49. The van der Waals surface area contributed by atoms with Crippen molar-refractivity contribution < 1.29 is 19.6 Å². The number of nitrogens with one attached hydrogen (secondary N) is 1. The summed E-state index contributed by atoms with van der Waals surface area (Å²) in [4.78, 5) is 33.2.